The maximum Gasteiger partial charge on any atom is 0.115 e. The Morgan fingerprint density at radius 2 is 1.68 bits per heavy atom. The molecule has 5 nitrogen and oxygen atoms in total. The van der Waals surface area contributed by atoms with E-state index in [0.717, 1.165) is 28.5 Å². The summed E-state index contributed by atoms with van der Waals surface area (Å²) in [6, 6.07) is 18.8. The van der Waals surface area contributed by atoms with E-state index in [1.807, 2.05) is 66.7 Å². The van der Waals surface area contributed by atoms with Crippen LogP contribution in [0.25, 0.3) is 17.1 Å². The van der Waals surface area contributed by atoms with Gasteiger partial charge in [-0.3, -0.25) is 9.67 Å². The molecule has 4 rings (SSSR count). The first-order valence-corrected chi connectivity index (χ1v) is 9.98. The normalized spacial score (nSPS) is 10.8. The van der Waals surface area contributed by atoms with Crippen molar-refractivity contribution in [1.82, 2.24) is 19.3 Å². The molecule has 2 aromatic heterocycles. The summed E-state index contributed by atoms with van der Waals surface area (Å²) in [6.45, 7) is 10.5. The van der Waals surface area contributed by atoms with Gasteiger partial charge in [-0.25, -0.2) is 0 Å². The van der Waals surface area contributed by atoms with Crippen LogP contribution in [-0.4, -0.2) is 24.4 Å². The zero-order valence-electron chi connectivity index (χ0n) is 18.8. The van der Waals surface area contributed by atoms with Crippen LogP contribution < -0.4 is 0 Å². The van der Waals surface area contributed by atoms with Crippen molar-refractivity contribution in [3.8, 4) is 22.8 Å². The van der Waals surface area contributed by atoms with Crippen LogP contribution >= 0.6 is 0 Å². The summed E-state index contributed by atoms with van der Waals surface area (Å²) in [5.41, 5.74) is 5.44. The average molecular weight is 597 g/mol. The molecule has 0 unspecified atom stereocenters. The Kier molecular flexibility index (Phi) is 8.02. The van der Waals surface area contributed by atoms with Crippen molar-refractivity contribution in [3.05, 3.63) is 83.9 Å². The van der Waals surface area contributed by atoms with Gasteiger partial charge in [-0.2, -0.15) is 5.10 Å². The van der Waals surface area contributed by atoms with Crippen LogP contribution in [0.3, 0.4) is 0 Å². The fourth-order valence-electron chi connectivity index (χ4n) is 3.17. The third kappa shape index (κ3) is 6.17. The Hall–Kier alpha value is -2.65. The molecule has 0 saturated carbocycles. The topological polar surface area (TPSA) is 55.9 Å². The van der Waals surface area contributed by atoms with E-state index in [9.17, 15) is 0 Å². The van der Waals surface area contributed by atoms with Crippen LogP contribution in [0.4, 0.5) is 0 Å². The molecule has 6 heteroatoms. The van der Waals surface area contributed by atoms with Crippen molar-refractivity contribution in [2.45, 2.75) is 40.0 Å². The third-order valence-corrected chi connectivity index (χ3v) is 4.81. The largest absolute Gasteiger partial charge is 0.508 e. The van der Waals surface area contributed by atoms with E-state index in [0.29, 0.717) is 5.75 Å². The van der Waals surface area contributed by atoms with Crippen molar-refractivity contribution < 1.29 is 26.2 Å². The first-order chi connectivity index (χ1) is 14.1. The Morgan fingerprint density at radius 1 is 1.00 bits per heavy atom. The minimum atomic E-state index is 0. The summed E-state index contributed by atoms with van der Waals surface area (Å²) >= 11 is 0. The maximum absolute atomic E-state index is 9.02. The van der Waals surface area contributed by atoms with Crippen LogP contribution in [0.5, 0.6) is 5.75 Å². The van der Waals surface area contributed by atoms with Gasteiger partial charge >= 0.3 is 0 Å². The third-order valence-electron chi connectivity index (χ3n) is 4.81. The standard InChI is InChI=1S/C15H15N4.C10H14O.Pt/c1-11-9-12(2)19(17-11)14-6-4-5-13(10-14)15-16-7-8-18(15)3;1-10(2,3)8-4-6-9(11)7-5-8;/h4-9H,1-3H3;4-7,11H,1-3H3;/q-1;;. The Balaban J connectivity index is 0.000000245. The minimum absolute atomic E-state index is 0. The molecule has 1 N–H and O–H groups in total. The molecule has 0 aliphatic carbocycles. The number of hydrogen-bond acceptors (Lipinski definition) is 3. The fourth-order valence-corrected chi connectivity index (χ4v) is 3.17. The van der Waals surface area contributed by atoms with Gasteiger partial charge in [0.15, 0.2) is 0 Å². The molecule has 0 aliphatic rings. The number of nitrogens with zero attached hydrogens (tertiary/aromatic N) is 4. The van der Waals surface area contributed by atoms with Crippen molar-refractivity contribution in [2.24, 2.45) is 7.05 Å². The molecule has 2 heterocycles. The Morgan fingerprint density at radius 3 is 2.19 bits per heavy atom. The molecule has 0 spiro atoms. The smallest absolute Gasteiger partial charge is 0.115 e. The second-order valence-corrected chi connectivity index (χ2v) is 8.45. The van der Waals surface area contributed by atoms with Crippen LogP contribution in [-0.2, 0) is 33.5 Å². The summed E-state index contributed by atoms with van der Waals surface area (Å²) in [6.07, 6.45) is 3.72. The Labute approximate surface area is 199 Å². The number of benzene rings is 2. The van der Waals surface area contributed by atoms with Gasteiger partial charge < -0.3 is 9.67 Å². The van der Waals surface area contributed by atoms with E-state index < -0.39 is 0 Å². The van der Waals surface area contributed by atoms with E-state index in [-0.39, 0.29) is 26.5 Å². The second-order valence-electron chi connectivity index (χ2n) is 8.45. The number of aromatic hydroxyl groups is 1. The van der Waals surface area contributed by atoms with Gasteiger partial charge in [-0.15, -0.1) is 29.8 Å². The number of rotatable bonds is 2. The summed E-state index contributed by atoms with van der Waals surface area (Å²) < 4.78 is 3.89. The maximum atomic E-state index is 9.02. The van der Waals surface area contributed by atoms with Gasteiger partial charge in [0.2, 0.25) is 0 Å². The summed E-state index contributed by atoms with van der Waals surface area (Å²) in [7, 11) is 1.98. The zero-order valence-corrected chi connectivity index (χ0v) is 21.1. The zero-order chi connectivity index (χ0) is 21.9. The molecule has 0 radical (unpaired) electrons. The number of phenols is 1. The minimum Gasteiger partial charge on any atom is -0.508 e. The van der Waals surface area contributed by atoms with Crippen molar-refractivity contribution in [3.63, 3.8) is 0 Å². The molecule has 0 fully saturated rings. The van der Waals surface area contributed by atoms with Crippen molar-refractivity contribution in [2.75, 3.05) is 0 Å². The Bertz CT molecular complexity index is 1120. The summed E-state index contributed by atoms with van der Waals surface area (Å²) in [5.74, 6) is 1.24. The van der Waals surface area contributed by atoms with Crippen molar-refractivity contribution >= 4 is 0 Å². The SMILES string of the molecule is CC(C)(C)c1ccc(O)cc1.Cc1cc(C)n(-c2[c-]c(-c3nccn3C)ccc2)n1.[Pt]. The summed E-state index contributed by atoms with van der Waals surface area (Å²) in [5, 5.41) is 13.5. The molecule has 2 aromatic carbocycles. The van der Waals surface area contributed by atoms with E-state index in [1.165, 1.54) is 5.56 Å². The van der Waals surface area contributed by atoms with Gasteiger partial charge in [0.1, 0.15) is 5.75 Å². The predicted octanol–water partition coefficient (Wildman–Crippen LogP) is 5.38. The average Bonchev–Trinajstić information content (AvgIpc) is 3.26. The molecule has 0 saturated heterocycles. The molecule has 31 heavy (non-hydrogen) atoms. The second kappa shape index (κ2) is 10.1. The monoisotopic (exact) mass is 596 g/mol. The van der Waals surface area contributed by atoms with E-state index in [1.54, 1.807) is 18.3 Å². The van der Waals surface area contributed by atoms with E-state index in [4.69, 9.17) is 5.11 Å². The quantitative estimate of drug-likeness (QED) is 0.317. The molecule has 0 bridgehead atoms. The first-order valence-electron chi connectivity index (χ1n) is 9.98. The molecule has 166 valence electrons. The van der Waals surface area contributed by atoms with E-state index >= 15 is 0 Å². The van der Waals surface area contributed by atoms with Crippen LogP contribution in [0, 0.1) is 19.9 Å². The van der Waals surface area contributed by atoms with Gasteiger partial charge in [0.25, 0.3) is 0 Å². The molecule has 0 amide bonds. The van der Waals surface area contributed by atoms with Gasteiger partial charge in [0, 0.05) is 46.2 Å². The fraction of sp³-hybridized carbons (Fsp3) is 0.280. The molecule has 0 atom stereocenters. The number of imidazole rings is 1. The first kappa shape index (κ1) is 24.6. The molecule has 4 aromatic rings. The van der Waals surface area contributed by atoms with Gasteiger partial charge in [0.05, 0.1) is 11.5 Å². The molecular formula is C25H29N4OPt-. The number of phenolic OH excluding ortho intramolecular Hbond substituents is 1. The number of aryl methyl sites for hydroxylation is 3. The van der Waals surface area contributed by atoms with E-state index in [2.05, 4.69) is 43.0 Å². The number of hydrogen-bond donors (Lipinski definition) is 1. The molecular weight excluding hydrogens is 567 g/mol. The number of aromatic nitrogens is 4. The summed E-state index contributed by atoms with van der Waals surface area (Å²) in [4.78, 5) is 4.35. The molecule has 0 aliphatic heterocycles. The van der Waals surface area contributed by atoms with Crippen molar-refractivity contribution in [1.29, 1.82) is 0 Å². The van der Waals surface area contributed by atoms with Crippen LogP contribution in [0.2, 0.25) is 0 Å². The van der Waals surface area contributed by atoms with Crippen LogP contribution in [0.15, 0.2) is 60.9 Å². The van der Waals surface area contributed by atoms with Gasteiger partial charge in [-0.05, 0) is 48.7 Å². The van der Waals surface area contributed by atoms with Gasteiger partial charge in [-0.1, -0.05) is 32.9 Å². The van der Waals surface area contributed by atoms with Crippen LogP contribution in [0.1, 0.15) is 37.7 Å². The predicted molar refractivity (Wildman–Crippen MR) is 121 cm³/mol.